The first-order chi connectivity index (χ1) is 11.1. The van der Waals surface area contributed by atoms with E-state index in [4.69, 9.17) is 23.2 Å². The van der Waals surface area contributed by atoms with E-state index in [0.717, 1.165) is 5.56 Å². The summed E-state index contributed by atoms with van der Waals surface area (Å²) >= 11 is 12.1. The van der Waals surface area contributed by atoms with Crippen LogP contribution in [0.15, 0.2) is 42.5 Å². The molecule has 0 saturated heterocycles. The van der Waals surface area contributed by atoms with Crippen LogP contribution in [0.1, 0.15) is 12.0 Å². The fraction of sp³-hybridized carbons (Fsp3) is 0.235. The number of carbonyl (C=O) groups excluding carboxylic acids is 1. The summed E-state index contributed by atoms with van der Waals surface area (Å²) in [5.41, 5.74) is 1.61. The molecule has 0 spiro atoms. The van der Waals surface area contributed by atoms with Crippen LogP contribution in [0.5, 0.6) is 0 Å². The molecule has 0 aliphatic heterocycles. The van der Waals surface area contributed by atoms with Crippen LogP contribution in [0.4, 0.5) is 10.1 Å². The van der Waals surface area contributed by atoms with E-state index >= 15 is 0 Å². The highest BCUT2D eigenvalue weighted by atomic mass is 35.5. The van der Waals surface area contributed by atoms with Crippen LogP contribution in [0.2, 0.25) is 10.0 Å². The van der Waals surface area contributed by atoms with Crippen molar-refractivity contribution in [2.24, 2.45) is 0 Å². The molecule has 2 rings (SSSR count). The lowest BCUT2D eigenvalue weighted by atomic mass is 10.1. The minimum atomic E-state index is -0.262. The van der Waals surface area contributed by atoms with Crippen LogP contribution in [-0.2, 0) is 11.2 Å². The molecule has 0 radical (unpaired) electrons. The fourth-order valence-corrected chi connectivity index (χ4v) is 2.58. The molecule has 0 aromatic heterocycles. The monoisotopic (exact) mass is 354 g/mol. The quantitative estimate of drug-likeness (QED) is 0.778. The average Bonchev–Trinajstić information content (AvgIpc) is 2.52. The Kier molecular flexibility index (Phi) is 6.68. The molecule has 0 aliphatic carbocycles. The summed E-state index contributed by atoms with van der Waals surface area (Å²) in [4.78, 5) is 11.8. The van der Waals surface area contributed by atoms with Crippen LogP contribution in [0.3, 0.4) is 0 Å². The Bertz CT molecular complexity index is 642. The molecule has 0 heterocycles. The molecule has 2 N–H and O–H groups in total. The van der Waals surface area contributed by atoms with Gasteiger partial charge in [0.2, 0.25) is 5.91 Å². The van der Waals surface area contributed by atoms with Crippen molar-refractivity contribution in [1.29, 1.82) is 0 Å². The van der Waals surface area contributed by atoms with Crippen molar-refractivity contribution in [2.75, 3.05) is 18.4 Å². The van der Waals surface area contributed by atoms with Crippen molar-refractivity contribution in [1.82, 2.24) is 5.32 Å². The molecule has 0 saturated carbocycles. The third-order valence-corrected chi connectivity index (χ3v) is 3.90. The molecule has 3 nitrogen and oxygen atoms in total. The number of benzene rings is 2. The molecule has 0 fully saturated rings. The van der Waals surface area contributed by atoms with E-state index in [1.165, 1.54) is 12.1 Å². The Labute approximate surface area is 144 Å². The maximum absolute atomic E-state index is 12.8. The van der Waals surface area contributed by atoms with Crippen LogP contribution in [0.25, 0.3) is 0 Å². The SMILES string of the molecule is O=C(CCNc1c(Cl)cccc1Cl)NCCc1ccc(F)cc1. The van der Waals surface area contributed by atoms with Gasteiger partial charge in [0, 0.05) is 19.5 Å². The molecule has 0 aliphatic rings. The number of rotatable bonds is 7. The smallest absolute Gasteiger partial charge is 0.221 e. The van der Waals surface area contributed by atoms with Gasteiger partial charge in [-0.3, -0.25) is 4.79 Å². The van der Waals surface area contributed by atoms with Gasteiger partial charge in [-0.25, -0.2) is 4.39 Å². The highest BCUT2D eigenvalue weighted by Gasteiger charge is 2.06. The second kappa shape index (κ2) is 8.75. The Morgan fingerprint density at radius 1 is 1.00 bits per heavy atom. The highest BCUT2D eigenvalue weighted by molar-refractivity contribution is 6.39. The summed E-state index contributed by atoms with van der Waals surface area (Å²) in [5.74, 6) is -0.329. The lowest BCUT2D eigenvalue weighted by Gasteiger charge is -2.10. The molecule has 1 amide bonds. The van der Waals surface area contributed by atoms with Crippen molar-refractivity contribution >= 4 is 34.8 Å². The van der Waals surface area contributed by atoms with E-state index in [2.05, 4.69) is 10.6 Å². The van der Waals surface area contributed by atoms with Crippen molar-refractivity contribution in [2.45, 2.75) is 12.8 Å². The van der Waals surface area contributed by atoms with Gasteiger partial charge in [0.05, 0.1) is 15.7 Å². The molecule has 0 atom stereocenters. The molecule has 0 bridgehead atoms. The van der Waals surface area contributed by atoms with E-state index in [1.807, 2.05) is 0 Å². The molecule has 0 unspecified atom stereocenters. The Morgan fingerprint density at radius 3 is 2.30 bits per heavy atom. The number of hydrogen-bond acceptors (Lipinski definition) is 2. The molecule has 122 valence electrons. The molecule has 2 aromatic rings. The van der Waals surface area contributed by atoms with Gasteiger partial charge in [0.25, 0.3) is 0 Å². The number of nitrogens with one attached hydrogen (secondary N) is 2. The van der Waals surface area contributed by atoms with Gasteiger partial charge >= 0.3 is 0 Å². The topological polar surface area (TPSA) is 41.1 Å². The molecular formula is C17H17Cl2FN2O. The minimum Gasteiger partial charge on any atom is -0.382 e. The van der Waals surface area contributed by atoms with Gasteiger partial charge in [0.15, 0.2) is 0 Å². The van der Waals surface area contributed by atoms with Crippen LogP contribution < -0.4 is 10.6 Å². The third kappa shape index (κ3) is 5.73. The van der Waals surface area contributed by atoms with E-state index < -0.39 is 0 Å². The number of hydrogen-bond donors (Lipinski definition) is 2. The van der Waals surface area contributed by atoms with Crippen molar-refractivity contribution in [3.8, 4) is 0 Å². The maximum atomic E-state index is 12.8. The van der Waals surface area contributed by atoms with Crippen molar-refractivity contribution in [3.05, 3.63) is 63.9 Å². The summed E-state index contributed by atoms with van der Waals surface area (Å²) in [5, 5.41) is 6.93. The number of carbonyl (C=O) groups is 1. The lowest BCUT2D eigenvalue weighted by Crippen LogP contribution is -2.27. The molecule has 6 heteroatoms. The van der Waals surface area contributed by atoms with Crippen molar-refractivity contribution in [3.63, 3.8) is 0 Å². The average molecular weight is 355 g/mol. The number of halogens is 3. The van der Waals surface area contributed by atoms with Crippen LogP contribution >= 0.6 is 23.2 Å². The van der Waals surface area contributed by atoms with Gasteiger partial charge in [-0.1, -0.05) is 41.4 Å². The Hall–Kier alpha value is -1.78. The second-order valence-corrected chi connectivity index (χ2v) is 5.81. The standard InChI is InChI=1S/C17H17Cl2FN2O/c18-14-2-1-3-15(19)17(14)22-11-9-16(23)21-10-8-12-4-6-13(20)7-5-12/h1-7,22H,8-11H2,(H,21,23). The predicted octanol–water partition coefficient (Wildman–Crippen LogP) is 4.29. The predicted molar refractivity (Wildman–Crippen MR) is 92.7 cm³/mol. The zero-order valence-corrected chi connectivity index (χ0v) is 13.9. The highest BCUT2D eigenvalue weighted by Crippen LogP contribution is 2.29. The van der Waals surface area contributed by atoms with E-state index in [1.54, 1.807) is 30.3 Å². The zero-order valence-electron chi connectivity index (χ0n) is 12.4. The van der Waals surface area contributed by atoms with Gasteiger partial charge in [-0.05, 0) is 36.2 Å². The van der Waals surface area contributed by atoms with Gasteiger partial charge in [0.1, 0.15) is 5.82 Å². The van der Waals surface area contributed by atoms with Crippen LogP contribution in [0, 0.1) is 5.82 Å². The summed E-state index contributed by atoms with van der Waals surface area (Å²) in [7, 11) is 0. The first-order valence-corrected chi connectivity index (χ1v) is 8.01. The van der Waals surface area contributed by atoms with E-state index in [9.17, 15) is 9.18 Å². The summed E-state index contributed by atoms with van der Waals surface area (Å²) in [6, 6.07) is 11.5. The third-order valence-electron chi connectivity index (χ3n) is 3.27. The summed E-state index contributed by atoms with van der Waals surface area (Å²) in [6.45, 7) is 0.948. The Balaban J connectivity index is 1.68. The van der Waals surface area contributed by atoms with Crippen molar-refractivity contribution < 1.29 is 9.18 Å². The summed E-state index contributed by atoms with van der Waals surface area (Å²) in [6.07, 6.45) is 0.973. The zero-order chi connectivity index (χ0) is 16.7. The molecule has 2 aromatic carbocycles. The summed E-state index contributed by atoms with van der Waals surface area (Å²) < 4.78 is 12.8. The number of amides is 1. The first-order valence-electron chi connectivity index (χ1n) is 7.25. The number of para-hydroxylation sites is 1. The molecular weight excluding hydrogens is 338 g/mol. The van der Waals surface area contributed by atoms with E-state index in [-0.39, 0.29) is 11.7 Å². The second-order valence-electron chi connectivity index (χ2n) is 5.00. The number of anilines is 1. The Morgan fingerprint density at radius 2 is 1.65 bits per heavy atom. The molecule has 23 heavy (non-hydrogen) atoms. The largest absolute Gasteiger partial charge is 0.382 e. The van der Waals surface area contributed by atoms with E-state index in [0.29, 0.717) is 41.7 Å². The van der Waals surface area contributed by atoms with Gasteiger partial charge in [-0.15, -0.1) is 0 Å². The normalized spacial score (nSPS) is 10.4. The van der Waals surface area contributed by atoms with Gasteiger partial charge in [-0.2, -0.15) is 0 Å². The minimum absolute atomic E-state index is 0.0669. The van der Waals surface area contributed by atoms with Gasteiger partial charge < -0.3 is 10.6 Å². The maximum Gasteiger partial charge on any atom is 0.221 e. The lowest BCUT2D eigenvalue weighted by molar-refractivity contribution is -0.120. The fourth-order valence-electron chi connectivity index (χ4n) is 2.05. The first kappa shape index (κ1) is 17.6. The van der Waals surface area contributed by atoms with Crippen LogP contribution in [-0.4, -0.2) is 19.0 Å².